The topological polar surface area (TPSA) is 74.8 Å². The third-order valence-corrected chi connectivity index (χ3v) is 5.46. The van der Waals surface area contributed by atoms with Gasteiger partial charge in [-0.1, -0.05) is 59.3 Å². The van der Waals surface area contributed by atoms with Crippen LogP contribution >= 0.6 is 11.6 Å². The minimum atomic E-state index is 0.225. The summed E-state index contributed by atoms with van der Waals surface area (Å²) in [5, 5.41) is 13.7. The molecule has 0 bridgehead atoms. The number of hydrogen-bond acceptors (Lipinski definition) is 5. The summed E-state index contributed by atoms with van der Waals surface area (Å²) in [5.74, 6) is 0.605. The molecule has 0 saturated heterocycles. The number of ether oxygens (including phenoxy) is 1. The van der Waals surface area contributed by atoms with Crippen molar-refractivity contribution in [3.05, 3.63) is 113 Å². The van der Waals surface area contributed by atoms with Crippen LogP contribution in [0.4, 0.5) is 0 Å². The molecular weight excluding hydrogens is 450 g/mol. The number of benzene rings is 3. The van der Waals surface area contributed by atoms with Crippen molar-refractivity contribution in [2.45, 2.75) is 13.2 Å². The lowest BCUT2D eigenvalue weighted by Gasteiger charge is -2.09. The quantitative estimate of drug-likeness (QED) is 0.291. The Hall–Kier alpha value is -4.23. The first-order valence-corrected chi connectivity index (χ1v) is 11.0. The van der Waals surface area contributed by atoms with E-state index in [0.717, 1.165) is 23.1 Å². The fourth-order valence-corrected chi connectivity index (χ4v) is 3.85. The highest BCUT2D eigenvalue weighted by Crippen LogP contribution is 2.31. The van der Waals surface area contributed by atoms with Crippen molar-refractivity contribution >= 4 is 17.9 Å². The van der Waals surface area contributed by atoms with Gasteiger partial charge in [-0.25, -0.2) is 9.36 Å². The van der Waals surface area contributed by atoms with Gasteiger partial charge < -0.3 is 4.74 Å². The largest absolute Gasteiger partial charge is 0.486 e. The zero-order valence-corrected chi connectivity index (χ0v) is 18.8. The Morgan fingerprint density at radius 1 is 0.941 bits per heavy atom. The van der Waals surface area contributed by atoms with Crippen molar-refractivity contribution in [3.8, 4) is 22.7 Å². The number of carbonyl (C=O) groups is 1. The van der Waals surface area contributed by atoms with Gasteiger partial charge in [0.15, 0.2) is 6.29 Å². The van der Waals surface area contributed by atoms with E-state index in [2.05, 4.69) is 15.4 Å². The normalized spacial score (nSPS) is 10.9. The van der Waals surface area contributed by atoms with Crippen LogP contribution in [-0.2, 0) is 13.2 Å². The molecule has 168 valence electrons. The number of carbonyl (C=O) groups excluding carboxylic acids is 1. The molecule has 0 aliphatic carbocycles. The Labute approximate surface area is 201 Å². The molecule has 2 aromatic heterocycles. The van der Waals surface area contributed by atoms with Gasteiger partial charge in [0.05, 0.1) is 24.0 Å². The number of nitrogens with zero attached hydrogens (tertiary/aromatic N) is 5. The van der Waals surface area contributed by atoms with Crippen molar-refractivity contribution in [3.63, 3.8) is 0 Å². The smallest absolute Gasteiger partial charge is 0.153 e. The molecule has 5 rings (SSSR count). The monoisotopic (exact) mass is 469 g/mol. The average Bonchev–Trinajstić information content (AvgIpc) is 3.50. The van der Waals surface area contributed by atoms with Crippen molar-refractivity contribution in [2.24, 2.45) is 0 Å². The predicted octanol–water partition coefficient (Wildman–Crippen LogP) is 5.22. The number of halogens is 1. The Balaban J connectivity index is 1.35. The summed E-state index contributed by atoms with van der Waals surface area (Å²) in [6.07, 6.45) is 4.36. The number of hydrogen-bond donors (Lipinski definition) is 0. The second-order valence-corrected chi connectivity index (χ2v) is 8.09. The van der Waals surface area contributed by atoms with Crippen molar-refractivity contribution in [1.82, 2.24) is 24.8 Å². The molecule has 0 spiro atoms. The molecule has 0 amide bonds. The van der Waals surface area contributed by atoms with Gasteiger partial charge in [-0.2, -0.15) is 5.10 Å². The standard InChI is InChI=1S/C26H20ClN5O2/c27-21-8-6-7-19(13-21)14-31-16-22(28-30-31)18-34-25-12-5-4-11-24(25)26-20(17-33)15-32(29-26)23-9-2-1-3-10-23/h1-13,15-17H,14,18H2. The van der Waals surface area contributed by atoms with Crippen LogP contribution < -0.4 is 4.74 Å². The highest BCUT2D eigenvalue weighted by atomic mass is 35.5. The number of aromatic nitrogens is 5. The van der Waals surface area contributed by atoms with Gasteiger partial charge in [0.2, 0.25) is 0 Å². The lowest BCUT2D eigenvalue weighted by Crippen LogP contribution is -2.00. The Kier molecular flexibility index (Phi) is 6.18. The third kappa shape index (κ3) is 4.74. The maximum absolute atomic E-state index is 11.8. The summed E-state index contributed by atoms with van der Waals surface area (Å²) in [5.41, 5.74) is 4.34. The maximum Gasteiger partial charge on any atom is 0.153 e. The van der Waals surface area contributed by atoms with E-state index in [4.69, 9.17) is 16.3 Å². The second kappa shape index (κ2) is 9.72. The van der Waals surface area contributed by atoms with Crippen LogP contribution in [-0.4, -0.2) is 31.1 Å². The minimum Gasteiger partial charge on any atom is -0.486 e. The van der Waals surface area contributed by atoms with E-state index in [1.54, 1.807) is 15.6 Å². The van der Waals surface area contributed by atoms with Gasteiger partial charge in [-0.05, 0) is 42.0 Å². The summed E-state index contributed by atoms with van der Waals surface area (Å²) < 4.78 is 9.50. The van der Waals surface area contributed by atoms with Crippen molar-refractivity contribution < 1.29 is 9.53 Å². The number of aldehydes is 1. The minimum absolute atomic E-state index is 0.225. The van der Waals surface area contributed by atoms with E-state index in [1.165, 1.54) is 0 Å². The molecule has 0 aliphatic rings. The van der Waals surface area contributed by atoms with Gasteiger partial charge in [-0.3, -0.25) is 4.79 Å². The van der Waals surface area contributed by atoms with E-state index in [-0.39, 0.29) is 6.61 Å². The Morgan fingerprint density at radius 2 is 1.76 bits per heavy atom. The van der Waals surface area contributed by atoms with E-state index in [0.29, 0.717) is 34.3 Å². The summed E-state index contributed by atoms with van der Waals surface area (Å²) >= 11 is 6.06. The zero-order valence-electron chi connectivity index (χ0n) is 18.1. The lowest BCUT2D eigenvalue weighted by molar-refractivity contribution is 0.112. The maximum atomic E-state index is 11.8. The first-order chi connectivity index (χ1) is 16.7. The van der Waals surface area contributed by atoms with Crippen molar-refractivity contribution in [2.75, 3.05) is 0 Å². The molecule has 34 heavy (non-hydrogen) atoms. The van der Waals surface area contributed by atoms with E-state index < -0.39 is 0 Å². The summed E-state index contributed by atoms with van der Waals surface area (Å²) in [7, 11) is 0. The van der Waals surface area contributed by atoms with Gasteiger partial charge in [0.1, 0.15) is 23.7 Å². The SMILES string of the molecule is O=Cc1cn(-c2ccccc2)nc1-c1ccccc1OCc1cn(Cc2cccc(Cl)c2)nn1. The molecule has 0 saturated carbocycles. The van der Waals surface area contributed by atoms with Crippen LogP contribution in [0.15, 0.2) is 91.3 Å². The lowest BCUT2D eigenvalue weighted by atomic mass is 10.1. The molecule has 3 aromatic carbocycles. The zero-order chi connectivity index (χ0) is 23.3. The molecule has 0 radical (unpaired) electrons. The van der Waals surface area contributed by atoms with Gasteiger partial charge in [0.25, 0.3) is 0 Å². The molecule has 2 heterocycles. The van der Waals surface area contributed by atoms with Crippen LogP contribution in [0.3, 0.4) is 0 Å². The van der Waals surface area contributed by atoms with E-state index >= 15 is 0 Å². The van der Waals surface area contributed by atoms with Crippen LogP contribution in [0, 0.1) is 0 Å². The molecule has 8 heteroatoms. The molecule has 0 N–H and O–H groups in total. The first-order valence-electron chi connectivity index (χ1n) is 10.7. The summed E-state index contributed by atoms with van der Waals surface area (Å²) in [6, 6.07) is 24.8. The Bertz CT molecular complexity index is 1430. The molecule has 7 nitrogen and oxygen atoms in total. The second-order valence-electron chi connectivity index (χ2n) is 7.65. The van der Waals surface area contributed by atoms with Gasteiger partial charge >= 0.3 is 0 Å². The van der Waals surface area contributed by atoms with Crippen molar-refractivity contribution in [1.29, 1.82) is 0 Å². The van der Waals surface area contributed by atoms with Crippen LogP contribution in [0.2, 0.25) is 5.02 Å². The van der Waals surface area contributed by atoms with E-state index in [9.17, 15) is 4.79 Å². The Morgan fingerprint density at radius 3 is 2.59 bits per heavy atom. The highest BCUT2D eigenvalue weighted by Gasteiger charge is 2.16. The summed E-state index contributed by atoms with van der Waals surface area (Å²) in [6.45, 7) is 0.784. The van der Waals surface area contributed by atoms with Crippen LogP contribution in [0.25, 0.3) is 16.9 Å². The number of rotatable bonds is 8. The average molecular weight is 470 g/mol. The van der Waals surface area contributed by atoms with Gasteiger partial charge in [-0.15, -0.1) is 5.10 Å². The molecular formula is C26H20ClN5O2. The predicted molar refractivity (Wildman–Crippen MR) is 129 cm³/mol. The molecule has 0 fully saturated rings. The molecule has 5 aromatic rings. The fraction of sp³-hybridized carbons (Fsp3) is 0.0769. The van der Waals surface area contributed by atoms with Gasteiger partial charge in [0, 0.05) is 16.8 Å². The third-order valence-electron chi connectivity index (χ3n) is 5.23. The highest BCUT2D eigenvalue weighted by molar-refractivity contribution is 6.30. The molecule has 0 atom stereocenters. The summed E-state index contributed by atoms with van der Waals surface area (Å²) in [4.78, 5) is 11.8. The van der Waals surface area contributed by atoms with Crippen LogP contribution in [0.5, 0.6) is 5.75 Å². The molecule has 0 aliphatic heterocycles. The number of para-hydroxylation sites is 2. The molecule has 0 unspecified atom stereocenters. The van der Waals surface area contributed by atoms with E-state index in [1.807, 2.05) is 85.1 Å². The van der Waals surface area contributed by atoms with Crippen LogP contribution in [0.1, 0.15) is 21.6 Å². The fourth-order valence-electron chi connectivity index (χ4n) is 3.64. The first kappa shape index (κ1) is 21.6.